The van der Waals surface area contributed by atoms with Crippen molar-refractivity contribution in [3.63, 3.8) is 0 Å². The van der Waals surface area contributed by atoms with Crippen molar-refractivity contribution >= 4 is 5.78 Å². The molecule has 1 heterocycles. The molecule has 30 heavy (non-hydrogen) atoms. The van der Waals surface area contributed by atoms with Gasteiger partial charge in [-0.3, -0.25) is 9.59 Å². The number of nitrogens with zero attached hydrogens (tertiary/aromatic N) is 1. The number of hydrogen-bond donors (Lipinski definition) is 0. The number of aryl methyl sites for hydroxylation is 2. The molecule has 4 nitrogen and oxygen atoms in total. The van der Waals surface area contributed by atoms with Crippen molar-refractivity contribution in [1.29, 1.82) is 0 Å². The highest BCUT2D eigenvalue weighted by atomic mass is 19.1. The Morgan fingerprint density at radius 1 is 1.13 bits per heavy atom. The number of carbonyl (C=O) groups is 1. The van der Waals surface area contributed by atoms with Crippen molar-refractivity contribution < 1.29 is 18.3 Å². The number of terminal acetylenes is 1. The molecule has 3 rings (SSSR count). The number of halogens is 2. The molecular formula is C24H19F2NO3. The maximum Gasteiger partial charge on any atom is 0.253 e. The van der Waals surface area contributed by atoms with E-state index in [-0.39, 0.29) is 23.5 Å². The van der Waals surface area contributed by atoms with Gasteiger partial charge in [-0.25, -0.2) is 8.78 Å². The average Bonchev–Trinajstić information content (AvgIpc) is 2.72. The van der Waals surface area contributed by atoms with E-state index >= 15 is 0 Å². The maximum absolute atomic E-state index is 14.2. The van der Waals surface area contributed by atoms with Gasteiger partial charge in [0.1, 0.15) is 11.6 Å². The number of hydrogen-bond acceptors (Lipinski definition) is 3. The van der Waals surface area contributed by atoms with Crippen LogP contribution in [0.1, 0.15) is 18.1 Å². The summed E-state index contributed by atoms with van der Waals surface area (Å²) < 4.78 is 34.6. The second kappa shape index (κ2) is 8.75. The Hall–Kier alpha value is -3.72. The van der Waals surface area contributed by atoms with E-state index in [1.807, 2.05) is 6.92 Å². The molecule has 0 spiro atoms. The summed E-state index contributed by atoms with van der Waals surface area (Å²) in [7, 11) is 1.63. The predicted molar refractivity (Wildman–Crippen MR) is 110 cm³/mol. The molecule has 6 heteroatoms. The van der Waals surface area contributed by atoms with Crippen molar-refractivity contribution in [3.05, 3.63) is 81.8 Å². The summed E-state index contributed by atoms with van der Waals surface area (Å²) in [4.78, 5) is 24.2. The molecule has 0 aliphatic heterocycles. The van der Waals surface area contributed by atoms with Crippen LogP contribution < -0.4 is 10.3 Å². The number of aromatic nitrogens is 1. The zero-order valence-electron chi connectivity index (χ0n) is 16.5. The van der Waals surface area contributed by atoms with E-state index in [0.717, 1.165) is 12.1 Å². The topological polar surface area (TPSA) is 48.3 Å². The fraction of sp³-hybridized carbons (Fsp3) is 0.167. The first-order chi connectivity index (χ1) is 14.3. The molecule has 0 unspecified atom stereocenters. The SMILES string of the molecule is C#CC(=O)Cc1cccc(Oc2ccc(F)cc2F)c1-c1cc(CC)c(=O)n(C)c1. The first kappa shape index (κ1) is 21.0. The monoisotopic (exact) mass is 407 g/mol. The highest BCUT2D eigenvalue weighted by molar-refractivity contribution is 5.97. The van der Waals surface area contributed by atoms with E-state index in [2.05, 4.69) is 5.92 Å². The van der Waals surface area contributed by atoms with Crippen molar-refractivity contribution in [2.24, 2.45) is 7.05 Å². The van der Waals surface area contributed by atoms with Crippen LogP contribution in [0.2, 0.25) is 0 Å². The third kappa shape index (κ3) is 4.31. The van der Waals surface area contributed by atoms with E-state index in [9.17, 15) is 18.4 Å². The van der Waals surface area contributed by atoms with Crippen LogP contribution >= 0.6 is 0 Å². The number of Topliss-reactive ketones (excluding diaryl/α,β-unsaturated/α-hetero) is 1. The van der Waals surface area contributed by atoms with Gasteiger partial charge in [0.05, 0.1) is 0 Å². The van der Waals surface area contributed by atoms with Crippen LogP contribution in [0.4, 0.5) is 8.78 Å². The molecule has 1 aromatic heterocycles. The van der Waals surface area contributed by atoms with E-state index < -0.39 is 17.4 Å². The van der Waals surface area contributed by atoms with Crippen LogP contribution in [0, 0.1) is 24.0 Å². The van der Waals surface area contributed by atoms with Crippen LogP contribution in [0.3, 0.4) is 0 Å². The third-order valence-corrected chi connectivity index (χ3v) is 4.67. The molecule has 0 amide bonds. The summed E-state index contributed by atoms with van der Waals surface area (Å²) in [6.07, 6.45) is 7.30. The molecule has 0 aliphatic carbocycles. The summed E-state index contributed by atoms with van der Waals surface area (Å²) in [6, 6.07) is 9.70. The molecule has 0 saturated carbocycles. The number of ether oxygens (including phenoxy) is 1. The van der Waals surface area contributed by atoms with Crippen LogP contribution in [0.25, 0.3) is 11.1 Å². The lowest BCUT2D eigenvalue weighted by molar-refractivity contribution is -0.113. The minimum absolute atomic E-state index is 0.0563. The number of benzene rings is 2. The molecular weight excluding hydrogens is 388 g/mol. The van der Waals surface area contributed by atoms with Crippen molar-refractivity contribution in [1.82, 2.24) is 4.57 Å². The molecule has 0 radical (unpaired) electrons. The average molecular weight is 407 g/mol. The van der Waals surface area contributed by atoms with E-state index in [0.29, 0.717) is 28.7 Å². The van der Waals surface area contributed by atoms with Gasteiger partial charge in [0.25, 0.3) is 5.56 Å². The van der Waals surface area contributed by atoms with Crippen LogP contribution in [-0.2, 0) is 24.7 Å². The summed E-state index contributed by atoms with van der Waals surface area (Å²) >= 11 is 0. The summed E-state index contributed by atoms with van der Waals surface area (Å²) in [5.41, 5.74) is 2.14. The number of rotatable bonds is 6. The largest absolute Gasteiger partial charge is 0.454 e. The van der Waals surface area contributed by atoms with Gasteiger partial charge in [0.2, 0.25) is 5.78 Å². The summed E-state index contributed by atoms with van der Waals surface area (Å²) in [5.74, 6) is 0.156. The molecule has 0 saturated heterocycles. The lowest BCUT2D eigenvalue weighted by Gasteiger charge is -2.17. The molecule has 0 aliphatic rings. The number of carbonyl (C=O) groups excluding carboxylic acids is 1. The van der Waals surface area contributed by atoms with Gasteiger partial charge in [0, 0.05) is 42.4 Å². The Balaban J connectivity index is 2.22. The summed E-state index contributed by atoms with van der Waals surface area (Å²) in [6.45, 7) is 1.86. The van der Waals surface area contributed by atoms with Crippen molar-refractivity contribution in [2.75, 3.05) is 0 Å². The normalized spacial score (nSPS) is 10.5. The van der Waals surface area contributed by atoms with Crippen molar-refractivity contribution in [3.8, 4) is 35.0 Å². The highest BCUT2D eigenvalue weighted by Crippen LogP contribution is 2.37. The third-order valence-electron chi connectivity index (χ3n) is 4.67. The smallest absolute Gasteiger partial charge is 0.253 e. The fourth-order valence-corrected chi connectivity index (χ4v) is 3.21. The second-order valence-electron chi connectivity index (χ2n) is 6.73. The van der Waals surface area contributed by atoms with Gasteiger partial charge < -0.3 is 9.30 Å². The van der Waals surface area contributed by atoms with Gasteiger partial charge in [-0.2, -0.15) is 0 Å². The second-order valence-corrected chi connectivity index (χ2v) is 6.73. The zero-order chi connectivity index (χ0) is 21.8. The van der Waals surface area contributed by atoms with Gasteiger partial charge >= 0.3 is 0 Å². The Kier molecular flexibility index (Phi) is 6.12. The van der Waals surface area contributed by atoms with E-state index in [1.165, 1.54) is 10.6 Å². The zero-order valence-corrected chi connectivity index (χ0v) is 16.5. The maximum atomic E-state index is 14.2. The Morgan fingerprint density at radius 2 is 1.90 bits per heavy atom. The quantitative estimate of drug-likeness (QED) is 0.449. The Morgan fingerprint density at radius 3 is 2.57 bits per heavy atom. The van der Waals surface area contributed by atoms with Gasteiger partial charge in [-0.05, 0) is 42.2 Å². The van der Waals surface area contributed by atoms with Crippen LogP contribution in [0.5, 0.6) is 11.5 Å². The molecule has 0 atom stereocenters. The number of ketones is 1. The van der Waals surface area contributed by atoms with Crippen LogP contribution in [-0.4, -0.2) is 10.4 Å². The van der Waals surface area contributed by atoms with Gasteiger partial charge in [-0.15, -0.1) is 6.42 Å². The Labute approximate surface area is 172 Å². The highest BCUT2D eigenvalue weighted by Gasteiger charge is 2.18. The molecule has 0 N–H and O–H groups in total. The fourth-order valence-electron chi connectivity index (χ4n) is 3.21. The molecule has 3 aromatic rings. The lowest BCUT2D eigenvalue weighted by Crippen LogP contribution is -2.20. The van der Waals surface area contributed by atoms with Gasteiger partial charge in [0.15, 0.2) is 11.6 Å². The van der Waals surface area contributed by atoms with E-state index in [4.69, 9.17) is 11.2 Å². The molecule has 0 fully saturated rings. The molecule has 2 aromatic carbocycles. The summed E-state index contributed by atoms with van der Waals surface area (Å²) in [5, 5.41) is 0. The Bertz CT molecular complexity index is 1220. The first-order valence-corrected chi connectivity index (χ1v) is 9.28. The first-order valence-electron chi connectivity index (χ1n) is 9.28. The number of pyridine rings is 1. The predicted octanol–water partition coefficient (Wildman–Crippen LogP) is 4.43. The van der Waals surface area contributed by atoms with Crippen molar-refractivity contribution in [2.45, 2.75) is 19.8 Å². The molecule has 152 valence electrons. The standard InChI is InChI=1S/C24H19F2NO3/c1-4-15-11-17(14-27(3)24(15)29)23-16(12-19(28)5-2)7-6-8-22(23)30-21-10-9-18(25)13-20(21)26/h2,6-11,13-14H,4,12H2,1,3H3. The minimum Gasteiger partial charge on any atom is -0.454 e. The van der Waals surface area contributed by atoms with Gasteiger partial charge in [-0.1, -0.05) is 19.1 Å². The lowest BCUT2D eigenvalue weighted by atomic mass is 9.95. The molecule has 0 bridgehead atoms. The van der Waals surface area contributed by atoms with Crippen LogP contribution in [0.15, 0.2) is 53.5 Å². The minimum atomic E-state index is -0.860. The van der Waals surface area contributed by atoms with E-state index in [1.54, 1.807) is 37.5 Å².